The van der Waals surface area contributed by atoms with Crippen LogP contribution in [0.1, 0.15) is 11.1 Å². The van der Waals surface area contributed by atoms with Crippen LogP contribution in [0.3, 0.4) is 0 Å². The van der Waals surface area contributed by atoms with Crippen LogP contribution in [0.5, 0.6) is 5.75 Å². The highest BCUT2D eigenvalue weighted by Crippen LogP contribution is 2.18. The van der Waals surface area contributed by atoms with Crippen LogP contribution in [0.25, 0.3) is 0 Å². The Labute approximate surface area is 146 Å². The highest BCUT2D eigenvalue weighted by Gasteiger charge is 2.07. The summed E-state index contributed by atoms with van der Waals surface area (Å²) in [4.78, 5) is 22.0. The molecule has 25 heavy (non-hydrogen) atoms. The number of nitro benzene ring substituents is 1. The SMILES string of the molecule is Cc1ccc(OCCNC(=O)CNc2cccc([N+](=O)[O-])c2)c(C)c1. The third-order valence-electron chi connectivity index (χ3n) is 3.52. The van der Waals surface area contributed by atoms with Gasteiger partial charge in [0, 0.05) is 17.8 Å². The fraction of sp³-hybridized carbons (Fsp3) is 0.278. The summed E-state index contributed by atoms with van der Waals surface area (Å²) in [5.74, 6) is 0.588. The number of carbonyl (C=O) groups is 1. The molecular weight excluding hydrogens is 322 g/mol. The molecule has 0 saturated heterocycles. The van der Waals surface area contributed by atoms with Crippen molar-refractivity contribution in [3.05, 3.63) is 63.7 Å². The highest BCUT2D eigenvalue weighted by atomic mass is 16.6. The Morgan fingerprint density at radius 2 is 2.00 bits per heavy atom. The summed E-state index contributed by atoms with van der Waals surface area (Å²) < 4.78 is 5.64. The van der Waals surface area contributed by atoms with Crippen molar-refractivity contribution in [3.63, 3.8) is 0 Å². The average molecular weight is 343 g/mol. The second-order valence-electron chi connectivity index (χ2n) is 5.63. The average Bonchev–Trinajstić information content (AvgIpc) is 2.58. The van der Waals surface area contributed by atoms with E-state index in [0.717, 1.165) is 11.3 Å². The molecule has 0 spiro atoms. The van der Waals surface area contributed by atoms with Gasteiger partial charge in [0.2, 0.25) is 5.91 Å². The van der Waals surface area contributed by atoms with Gasteiger partial charge in [0.05, 0.1) is 18.0 Å². The molecule has 0 heterocycles. The Morgan fingerprint density at radius 1 is 1.20 bits per heavy atom. The predicted octanol–water partition coefficient (Wildman–Crippen LogP) is 2.82. The van der Waals surface area contributed by atoms with Crippen molar-refractivity contribution in [2.45, 2.75) is 13.8 Å². The zero-order valence-electron chi connectivity index (χ0n) is 14.2. The van der Waals surface area contributed by atoms with Crippen molar-refractivity contribution < 1.29 is 14.5 Å². The van der Waals surface area contributed by atoms with Crippen molar-refractivity contribution in [1.29, 1.82) is 0 Å². The van der Waals surface area contributed by atoms with E-state index in [4.69, 9.17) is 4.74 Å². The zero-order valence-corrected chi connectivity index (χ0v) is 14.2. The number of hydrogen-bond acceptors (Lipinski definition) is 5. The summed E-state index contributed by atoms with van der Waals surface area (Å²) in [7, 11) is 0. The first-order valence-electron chi connectivity index (χ1n) is 7.91. The highest BCUT2D eigenvalue weighted by molar-refractivity contribution is 5.80. The van der Waals surface area contributed by atoms with Gasteiger partial charge in [0.1, 0.15) is 12.4 Å². The largest absolute Gasteiger partial charge is 0.491 e. The van der Waals surface area contributed by atoms with Crippen LogP contribution in [0.15, 0.2) is 42.5 Å². The molecule has 0 atom stereocenters. The number of ether oxygens (including phenoxy) is 1. The maximum absolute atomic E-state index is 11.8. The Balaban J connectivity index is 1.70. The second-order valence-corrected chi connectivity index (χ2v) is 5.63. The third kappa shape index (κ3) is 5.80. The summed E-state index contributed by atoms with van der Waals surface area (Å²) in [6.45, 7) is 4.77. The quantitative estimate of drug-likeness (QED) is 0.437. The topological polar surface area (TPSA) is 93.5 Å². The van der Waals surface area contributed by atoms with Gasteiger partial charge in [0.25, 0.3) is 5.69 Å². The van der Waals surface area contributed by atoms with E-state index >= 15 is 0 Å². The number of amides is 1. The first-order valence-corrected chi connectivity index (χ1v) is 7.91. The molecule has 0 radical (unpaired) electrons. The molecule has 132 valence electrons. The minimum Gasteiger partial charge on any atom is -0.491 e. The van der Waals surface area contributed by atoms with E-state index in [1.165, 1.54) is 17.7 Å². The van der Waals surface area contributed by atoms with Crippen molar-refractivity contribution in [1.82, 2.24) is 5.32 Å². The van der Waals surface area contributed by atoms with Gasteiger partial charge in [-0.1, -0.05) is 23.8 Å². The lowest BCUT2D eigenvalue weighted by Crippen LogP contribution is -2.33. The molecule has 1 amide bonds. The molecule has 2 rings (SSSR count). The van der Waals surface area contributed by atoms with Crippen LogP contribution in [-0.4, -0.2) is 30.5 Å². The van der Waals surface area contributed by atoms with Crippen LogP contribution < -0.4 is 15.4 Å². The molecule has 7 nitrogen and oxygen atoms in total. The zero-order chi connectivity index (χ0) is 18.2. The van der Waals surface area contributed by atoms with E-state index in [1.807, 2.05) is 32.0 Å². The Kier molecular flexibility index (Phi) is 6.33. The summed E-state index contributed by atoms with van der Waals surface area (Å²) in [5.41, 5.74) is 2.73. The minimum absolute atomic E-state index is 0.0210. The van der Waals surface area contributed by atoms with E-state index < -0.39 is 4.92 Å². The smallest absolute Gasteiger partial charge is 0.271 e. The van der Waals surface area contributed by atoms with E-state index in [0.29, 0.717) is 18.8 Å². The molecule has 0 saturated carbocycles. The van der Waals surface area contributed by atoms with Crippen molar-refractivity contribution >= 4 is 17.3 Å². The van der Waals surface area contributed by atoms with Gasteiger partial charge in [0.15, 0.2) is 0 Å². The molecule has 0 aromatic heterocycles. The molecule has 7 heteroatoms. The van der Waals surface area contributed by atoms with Crippen LogP contribution in [0.2, 0.25) is 0 Å². The van der Waals surface area contributed by atoms with E-state index in [1.54, 1.807) is 12.1 Å². The van der Waals surface area contributed by atoms with Crippen LogP contribution >= 0.6 is 0 Å². The number of benzene rings is 2. The van der Waals surface area contributed by atoms with E-state index in [9.17, 15) is 14.9 Å². The number of non-ortho nitro benzene ring substituents is 1. The van der Waals surface area contributed by atoms with Crippen molar-refractivity contribution in [2.24, 2.45) is 0 Å². The van der Waals surface area contributed by atoms with Gasteiger partial charge < -0.3 is 15.4 Å². The molecule has 0 aliphatic carbocycles. The predicted molar refractivity (Wildman–Crippen MR) is 96.0 cm³/mol. The summed E-state index contributed by atoms with van der Waals surface area (Å²) >= 11 is 0. The van der Waals surface area contributed by atoms with Gasteiger partial charge in [-0.2, -0.15) is 0 Å². The Hall–Kier alpha value is -3.09. The lowest BCUT2D eigenvalue weighted by molar-refractivity contribution is -0.384. The van der Waals surface area contributed by atoms with Crippen LogP contribution in [-0.2, 0) is 4.79 Å². The lowest BCUT2D eigenvalue weighted by Gasteiger charge is -2.11. The summed E-state index contributed by atoms with van der Waals surface area (Å²) in [6.07, 6.45) is 0. The number of anilines is 1. The minimum atomic E-state index is -0.477. The molecule has 2 N–H and O–H groups in total. The molecule has 0 aliphatic heterocycles. The van der Waals surface area contributed by atoms with E-state index in [-0.39, 0.29) is 18.1 Å². The van der Waals surface area contributed by atoms with E-state index in [2.05, 4.69) is 10.6 Å². The van der Waals surface area contributed by atoms with Gasteiger partial charge in [-0.15, -0.1) is 0 Å². The number of aryl methyl sites for hydroxylation is 2. The number of hydrogen-bond donors (Lipinski definition) is 2. The fourth-order valence-electron chi connectivity index (χ4n) is 2.29. The molecule has 0 unspecified atom stereocenters. The lowest BCUT2D eigenvalue weighted by atomic mass is 10.1. The number of rotatable bonds is 8. The number of nitrogens with zero attached hydrogens (tertiary/aromatic N) is 1. The molecule has 2 aromatic carbocycles. The maximum atomic E-state index is 11.8. The van der Waals surface area contributed by atoms with Crippen molar-refractivity contribution in [2.75, 3.05) is 25.0 Å². The standard InChI is InChI=1S/C18H21N3O4/c1-13-6-7-17(14(2)10-13)25-9-8-19-18(22)12-20-15-4-3-5-16(11-15)21(23)24/h3-7,10-11,20H,8-9,12H2,1-2H3,(H,19,22). The molecule has 0 aliphatic rings. The number of nitro groups is 1. The first kappa shape index (κ1) is 18.3. The van der Waals surface area contributed by atoms with Gasteiger partial charge in [-0.05, 0) is 31.5 Å². The summed E-state index contributed by atoms with van der Waals surface area (Å²) in [6, 6.07) is 11.9. The Morgan fingerprint density at radius 3 is 2.72 bits per heavy atom. The van der Waals surface area contributed by atoms with Gasteiger partial charge >= 0.3 is 0 Å². The van der Waals surface area contributed by atoms with Gasteiger partial charge in [-0.25, -0.2) is 0 Å². The number of nitrogens with one attached hydrogen (secondary N) is 2. The molecular formula is C18H21N3O4. The van der Waals surface area contributed by atoms with Crippen LogP contribution in [0, 0.1) is 24.0 Å². The fourth-order valence-corrected chi connectivity index (χ4v) is 2.29. The molecule has 0 bridgehead atoms. The first-order chi connectivity index (χ1) is 12.0. The third-order valence-corrected chi connectivity index (χ3v) is 3.52. The molecule has 0 fully saturated rings. The second kappa shape index (κ2) is 8.68. The Bertz CT molecular complexity index is 762. The van der Waals surface area contributed by atoms with Crippen molar-refractivity contribution in [3.8, 4) is 5.75 Å². The monoisotopic (exact) mass is 343 g/mol. The molecule has 2 aromatic rings. The van der Waals surface area contributed by atoms with Crippen LogP contribution in [0.4, 0.5) is 11.4 Å². The van der Waals surface area contributed by atoms with Gasteiger partial charge in [-0.3, -0.25) is 14.9 Å². The normalized spacial score (nSPS) is 10.2. The summed E-state index contributed by atoms with van der Waals surface area (Å²) in [5, 5.41) is 16.3. The maximum Gasteiger partial charge on any atom is 0.271 e. The number of carbonyl (C=O) groups excluding carboxylic acids is 1.